The summed E-state index contributed by atoms with van der Waals surface area (Å²) in [5.74, 6) is 0. The van der Waals surface area contributed by atoms with Crippen molar-refractivity contribution in [2.75, 3.05) is 13.2 Å². The lowest BCUT2D eigenvalue weighted by Gasteiger charge is -2.24. The van der Waals surface area contributed by atoms with E-state index in [0.717, 1.165) is 16.8 Å². The summed E-state index contributed by atoms with van der Waals surface area (Å²) in [5, 5.41) is 0. The Morgan fingerprint density at radius 2 is 2.09 bits per heavy atom. The number of carbonyl (C=O) groups is 2. The molecule has 0 saturated carbocycles. The van der Waals surface area contributed by atoms with Crippen molar-refractivity contribution in [1.29, 1.82) is 0 Å². The molecule has 122 valence electrons. The second-order valence-corrected chi connectivity index (χ2v) is 4.76. The van der Waals surface area contributed by atoms with Crippen molar-refractivity contribution in [3.05, 3.63) is 33.1 Å². The highest BCUT2D eigenvalue weighted by Gasteiger charge is 2.19. The Kier molecular flexibility index (Phi) is 7.78. The first-order valence-corrected chi connectivity index (χ1v) is 7.22. The number of aromatic nitrogens is 2. The highest BCUT2D eigenvalue weighted by molar-refractivity contribution is 7.39. The number of ether oxygens (including phenoxy) is 1. The maximum atomic E-state index is 11.5. The first-order chi connectivity index (χ1) is 10.5. The third kappa shape index (κ3) is 5.58. The average Bonchev–Trinajstić information content (AvgIpc) is 2.49. The molecule has 0 aliphatic rings. The van der Waals surface area contributed by atoms with Gasteiger partial charge >= 0.3 is 5.69 Å². The molecule has 0 saturated heterocycles. The van der Waals surface area contributed by atoms with Gasteiger partial charge in [0.25, 0.3) is 5.56 Å². The zero-order valence-electron chi connectivity index (χ0n) is 11.5. The van der Waals surface area contributed by atoms with E-state index in [4.69, 9.17) is 9.26 Å². The van der Waals surface area contributed by atoms with Gasteiger partial charge in [-0.05, 0) is 6.92 Å². The Labute approximate surface area is 125 Å². The van der Waals surface area contributed by atoms with Crippen LogP contribution in [-0.4, -0.2) is 41.4 Å². The number of aldehydes is 2. The van der Waals surface area contributed by atoms with Crippen LogP contribution in [0.25, 0.3) is 0 Å². The molecule has 1 N–H and O–H groups in total. The van der Waals surface area contributed by atoms with Gasteiger partial charge in [0.05, 0.1) is 15.2 Å². The van der Waals surface area contributed by atoms with Gasteiger partial charge < -0.3 is 23.5 Å². The highest BCUT2D eigenvalue weighted by atomic mass is 31.2. The first-order valence-electron chi connectivity index (χ1n) is 6.12. The minimum absolute atomic E-state index is 0.158. The number of aromatic amines is 1. The van der Waals surface area contributed by atoms with E-state index in [1.807, 2.05) is 4.98 Å². The molecule has 1 unspecified atom stereocenters. The van der Waals surface area contributed by atoms with E-state index in [0.29, 0.717) is 6.29 Å². The van der Waals surface area contributed by atoms with Crippen LogP contribution in [0.4, 0.5) is 0 Å². The molecule has 0 fully saturated rings. The van der Waals surface area contributed by atoms with E-state index in [9.17, 15) is 24.1 Å². The third-order valence-corrected chi connectivity index (χ3v) is 3.12. The quantitative estimate of drug-likeness (QED) is 0.401. The fourth-order valence-corrected chi connectivity index (χ4v) is 1.91. The number of hydrogen-bond acceptors (Lipinski definition) is 8. The zero-order chi connectivity index (χ0) is 16.5. The van der Waals surface area contributed by atoms with E-state index >= 15 is 0 Å². The molecule has 0 aromatic carbocycles. The molecule has 0 aliphatic carbocycles. The maximum absolute atomic E-state index is 11.5. The molecule has 22 heavy (non-hydrogen) atoms. The van der Waals surface area contributed by atoms with Crippen molar-refractivity contribution in [3.8, 4) is 0 Å². The molecule has 0 amide bonds. The molecule has 10 nitrogen and oxygen atoms in total. The molecule has 1 aromatic heterocycles. The lowest BCUT2D eigenvalue weighted by atomic mass is 10.4. The lowest BCUT2D eigenvalue weighted by molar-refractivity contribution is -0.206. The number of H-pyrrole nitrogens is 1. The number of nitrogens with one attached hydrogen (secondary N) is 1. The van der Waals surface area contributed by atoms with Gasteiger partial charge in [-0.15, -0.1) is 0 Å². The van der Waals surface area contributed by atoms with Gasteiger partial charge in [-0.2, -0.15) is 0 Å². The number of hydrogen-bond donors (Lipinski definition) is 1. The second-order valence-electron chi connectivity index (χ2n) is 3.79. The van der Waals surface area contributed by atoms with Crippen LogP contribution in [0, 0.1) is 0 Å². The minimum Gasteiger partial charge on any atom is -0.786 e. The van der Waals surface area contributed by atoms with Crippen LogP contribution in [0.5, 0.6) is 0 Å². The van der Waals surface area contributed by atoms with Gasteiger partial charge in [0, 0.05) is 18.9 Å². The van der Waals surface area contributed by atoms with Crippen molar-refractivity contribution < 1.29 is 28.3 Å². The highest BCUT2D eigenvalue weighted by Crippen LogP contribution is 2.27. The number of carbonyl (C=O) groups excluding carboxylic acids is 2. The van der Waals surface area contributed by atoms with Gasteiger partial charge in [0.15, 0.2) is 18.8 Å². The molecule has 1 rings (SSSR count). The normalized spacial score (nSPS) is 15.0. The van der Waals surface area contributed by atoms with E-state index in [-0.39, 0.29) is 12.9 Å². The smallest absolute Gasteiger partial charge is 0.330 e. The molecule has 0 bridgehead atoms. The summed E-state index contributed by atoms with van der Waals surface area (Å²) in [6.45, 7) is 1.34. The zero-order valence-corrected chi connectivity index (χ0v) is 12.4. The SMILES string of the molecule is CCOP([O-])OC[C@H](C=O)O[C@H](C=O)n1ccc(=O)[nH]c1=O. The summed E-state index contributed by atoms with van der Waals surface area (Å²) in [5.41, 5.74) is -1.52. The van der Waals surface area contributed by atoms with Gasteiger partial charge in [-0.25, -0.2) is 4.79 Å². The summed E-state index contributed by atoms with van der Waals surface area (Å²) in [4.78, 5) is 57.5. The Morgan fingerprint density at radius 3 is 2.64 bits per heavy atom. The molecule has 1 heterocycles. The summed E-state index contributed by atoms with van der Waals surface area (Å²) < 4.78 is 15.2. The molecular formula is C11H14N2O8P-. The summed E-state index contributed by atoms with van der Waals surface area (Å²) in [6, 6.07) is 1.01. The van der Waals surface area contributed by atoms with Crippen LogP contribution >= 0.6 is 8.60 Å². The Hall–Kier alpha value is -1.71. The lowest BCUT2D eigenvalue weighted by Crippen LogP contribution is -2.36. The number of rotatable bonds is 10. The van der Waals surface area contributed by atoms with Crippen LogP contribution in [0.1, 0.15) is 13.2 Å². The average molecular weight is 333 g/mol. The van der Waals surface area contributed by atoms with Gasteiger partial charge in [-0.3, -0.25) is 19.1 Å². The van der Waals surface area contributed by atoms with Crippen molar-refractivity contribution in [2.24, 2.45) is 0 Å². The fourth-order valence-electron chi connectivity index (χ4n) is 1.36. The van der Waals surface area contributed by atoms with Crippen LogP contribution in [0.3, 0.4) is 0 Å². The van der Waals surface area contributed by atoms with Crippen LogP contribution in [0.2, 0.25) is 0 Å². The van der Waals surface area contributed by atoms with E-state index < -0.39 is 38.8 Å². The molecule has 1 aromatic rings. The van der Waals surface area contributed by atoms with E-state index in [2.05, 4.69) is 4.52 Å². The molecular weight excluding hydrogens is 319 g/mol. The fraction of sp³-hybridized carbons (Fsp3) is 0.455. The number of nitrogens with zero attached hydrogens (tertiary/aromatic N) is 1. The van der Waals surface area contributed by atoms with E-state index in [1.54, 1.807) is 6.92 Å². The molecule has 3 atom stereocenters. The monoisotopic (exact) mass is 333 g/mol. The van der Waals surface area contributed by atoms with Crippen molar-refractivity contribution in [3.63, 3.8) is 0 Å². The standard InChI is InChI=1S/C11H14N2O8P/c1-2-19-22(18)20-7-8(5-14)21-10(6-15)13-4-3-9(16)12-11(13)17/h3-6,8,10H,2,7H2,1H3,(H,12,16,17)/q-1/t8-,10+,22?/m0/s1. The van der Waals surface area contributed by atoms with Gasteiger partial charge in [-0.1, -0.05) is 0 Å². The second kappa shape index (κ2) is 9.34. The topological polar surface area (TPSA) is 140 Å². The molecule has 0 radical (unpaired) electrons. The van der Waals surface area contributed by atoms with Gasteiger partial charge in [0.2, 0.25) is 0 Å². The molecule has 0 aliphatic heterocycles. The largest absolute Gasteiger partial charge is 0.786 e. The van der Waals surface area contributed by atoms with Gasteiger partial charge in [0.1, 0.15) is 6.10 Å². The maximum Gasteiger partial charge on any atom is 0.330 e. The van der Waals surface area contributed by atoms with Crippen LogP contribution < -0.4 is 16.1 Å². The summed E-state index contributed by atoms with van der Waals surface area (Å²) in [7, 11) is -2.41. The van der Waals surface area contributed by atoms with E-state index in [1.165, 1.54) is 0 Å². The summed E-state index contributed by atoms with van der Waals surface area (Å²) >= 11 is 0. The van der Waals surface area contributed by atoms with Crippen molar-refractivity contribution in [1.82, 2.24) is 9.55 Å². The van der Waals surface area contributed by atoms with Crippen molar-refractivity contribution >= 4 is 21.2 Å². The Bertz CT molecular complexity index is 600. The Morgan fingerprint density at radius 1 is 1.36 bits per heavy atom. The summed E-state index contributed by atoms with van der Waals surface area (Å²) in [6.07, 6.45) is -1.08. The molecule has 11 heteroatoms. The predicted octanol–water partition coefficient (Wildman–Crippen LogP) is -1.54. The molecule has 0 spiro atoms. The van der Waals surface area contributed by atoms with Crippen molar-refractivity contribution in [2.45, 2.75) is 19.3 Å². The predicted molar refractivity (Wildman–Crippen MR) is 71.9 cm³/mol. The first kappa shape index (κ1) is 18.3. The Balaban J connectivity index is 2.74. The van der Waals surface area contributed by atoms with Crippen LogP contribution in [0.15, 0.2) is 21.9 Å². The minimum atomic E-state index is -2.41. The third-order valence-electron chi connectivity index (χ3n) is 2.29. The van der Waals surface area contributed by atoms with Crippen LogP contribution in [-0.2, 0) is 23.4 Å².